The normalized spacial score (nSPS) is 11.4. The van der Waals surface area contributed by atoms with Gasteiger partial charge in [0.05, 0.1) is 35.1 Å². The smallest absolute Gasteiger partial charge is 0.256 e. The van der Waals surface area contributed by atoms with Crippen molar-refractivity contribution in [2.24, 2.45) is 0 Å². The highest BCUT2D eigenvalue weighted by Gasteiger charge is 2.30. The van der Waals surface area contributed by atoms with Crippen molar-refractivity contribution in [3.8, 4) is 11.5 Å². The summed E-state index contributed by atoms with van der Waals surface area (Å²) in [6, 6.07) is 7.77. The zero-order chi connectivity index (χ0) is 22.8. The van der Waals surface area contributed by atoms with Crippen LogP contribution in [0.1, 0.15) is 24.2 Å². The first-order chi connectivity index (χ1) is 14.8. The Morgan fingerprint density at radius 3 is 2.32 bits per heavy atom. The van der Waals surface area contributed by atoms with Gasteiger partial charge in [-0.1, -0.05) is 0 Å². The molecule has 0 N–H and O–H groups in total. The number of ether oxygens (including phenoxy) is 2. The number of carbonyl (C=O) groups excluding carboxylic acids is 1. The van der Waals surface area contributed by atoms with Gasteiger partial charge in [0, 0.05) is 30.7 Å². The van der Waals surface area contributed by atoms with Gasteiger partial charge in [-0.15, -0.1) is 0 Å². The van der Waals surface area contributed by atoms with Crippen LogP contribution in [0.5, 0.6) is 11.5 Å². The third kappa shape index (κ3) is 4.05. The van der Waals surface area contributed by atoms with Crippen LogP contribution < -0.4 is 9.47 Å². The number of methoxy groups -OCH3 is 2. The molecule has 0 aliphatic heterocycles. The summed E-state index contributed by atoms with van der Waals surface area (Å²) in [7, 11) is -1.43. The van der Waals surface area contributed by atoms with Gasteiger partial charge in [-0.3, -0.25) is 9.78 Å². The zero-order valence-corrected chi connectivity index (χ0v) is 18.5. The summed E-state index contributed by atoms with van der Waals surface area (Å²) in [5.74, 6) is -0.565. The summed E-state index contributed by atoms with van der Waals surface area (Å²) >= 11 is 0. The first-order valence-corrected chi connectivity index (χ1v) is 11.1. The molecule has 0 aliphatic carbocycles. The minimum atomic E-state index is -4.26. The summed E-state index contributed by atoms with van der Waals surface area (Å²) in [6.07, 6.45) is 1.23. The summed E-state index contributed by atoms with van der Waals surface area (Å²) in [4.78, 5) is 18.4. The molecule has 0 bridgehead atoms. The van der Waals surface area contributed by atoms with Crippen LogP contribution in [0.3, 0.4) is 0 Å². The number of sulfone groups is 1. The monoisotopic (exact) mass is 446 g/mol. The average molecular weight is 447 g/mol. The van der Waals surface area contributed by atoms with Gasteiger partial charge in [-0.25, -0.2) is 12.8 Å². The van der Waals surface area contributed by atoms with Gasteiger partial charge in [0.15, 0.2) is 11.5 Å². The number of rotatable bonds is 7. The van der Waals surface area contributed by atoms with Crippen LogP contribution in [0.15, 0.2) is 52.4 Å². The number of hydrogen-bond acceptors (Lipinski definition) is 6. The SMILES string of the molecule is CCN(CC)C(=O)c1cnc2ccc(F)cc2c1S(=O)(=O)c1ccc(OC)c(OC)c1. The fourth-order valence-corrected chi connectivity index (χ4v) is 4.99. The molecule has 9 heteroatoms. The second kappa shape index (κ2) is 8.89. The maximum Gasteiger partial charge on any atom is 0.256 e. The van der Waals surface area contributed by atoms with Gasteiger partial charge in [0.1, 0.15) is 5.82 Å². The Labute approximate surface area is 180 Å². The molecule has 0 saturated heterocycles. The first-order valence-electron chi connectivity index (χ1n) is 9.63. The van der Waals surface area contributed by atoms with E-state index in [1.54, 1.807) is 13.8 Å². The van der Waals surface area contributed by atoms with Crippen molar-refractivity contribution in [1.29, 1.82) is 0 Å². The second-order valence-corrected chi connectivity index (χ2v) is 8.55. The zero-order valence-electron chi connectivity index (χ0n) is 17.7. The molecule has 0 radical (unpaired) electrons. The molecule has 0 atom stereocenters. The Morgan fingerprint density at radius 1 is 1.03 bits per heavy atom. The van der Waals surface area contributed by atoms with Crippen LogP contribution >= 0.6 is 0 Å². The number of fused-ring (bicyclic) bond motifs is 1. The minimum absolute atomic E-state index is 0.0350. The number of aromatic nitrogens is 1. The first kappa shape index (κ1) is 22.5. The number of benzene rings is 2. The highest BCUT2D eigenvalue weighted by atomic mass is 32.2. The van der Waals surface area contributed by atoms with E-state index in [2.05, 4.69) is 4.98 Å². The van der Waals surface area contributed by atoms with E-state index in [-0.39, 0.29) is 32.0 Å². The quantitative estimate of drug-likeness (QED) is 0.550. The molecule has 31 heavy (non-hydrogen) atoms. The lowest BCUT2D eigenvalue weighted by molar-refractivity contribution is 0.0769. The molecule has 3 rings (SSSR count). The van der Waals surface area contributed by atoms with Crippen LogP contribution in [-0.2, 0) is 9.84 Å². The molecule has 0 saturated carbocycles. The molecule has 0 spiro atoms. The van der Waals surface area contributed by atoms with Crippen LogP contribution in [-0.4, -0.2) is 51.5 Å². The number of pyridine rings is 1. The van der Waals surface area contributed by atoms with Gasteiger partial charge in [-0.05, 0) is 44.2 Å². The van der Waals surface area contributed by atoms with Crippen molar-refractivity contribution >= 4 is 26.6 Å². The number of nitrogens with zero attached hydrogens (tertiary/aromatic N) is 2. The summed E-state index contributed by atoms with van der Waals surface area (Å²) in [6.45, 7) is 4.34. The lowest BCUT2D eigenvalue weighted by Crippen LogP contribution is -2.31. The second-order valence-electron chi connectivity index (χ2n) is 6.66. The highest BCUT2D eigenvalue weighted by molar-refractivity contribution is 7.91. The van der Waals surface area contributed by atoms with Crippen LogP contribution in [0.2, 0.25) is 0 Å². The Balaban J connectivity index is 2.36. The van der Waals surface area contributed by atoms with Crippen LogP contribution in [0, 0.1) is 5.82 Å². The van der Waals surface area contributed by atoms with Crippen molar-refractivity contribution in [3.05, 3.63) is 54.0 Å². The average Bonchev–Trinajstić information content (AvgIpc) is 2.78. The van der Waals surface area contributed by atoms with E-state index < -0.39 is 21.6 Å². The summed E-state index contributed by atoms with van der Waals surface area (Å²) < 4.78 is 52.0. The Hall–Kier alpha value is -3.20. The Morgan fingerprint density at radius 2 is 1.71 bits per heavy atom. The van der Waals surface area contributed by atoms with Crippen LogP contribution in [0.25, 0.3) is 10.9 Å². The summed E-state index contributed by atoms with van der Waals surface area (Å²) in [5, 5.41) is 0.0350. The fourth-order valence-electron chi connectivity index (χ4n) is 3.37. The molecule has 0 fully saturated rings. The molecule has 7 nitrogen and oxygen atoms in total. The number of hydrogen-bond donors (Lipinski definition) is 0. The maximum absolute atomic E-state index is 14.1. The molecule has 1 amide bonds. The molecular weight excluding hydrogens is 423 g/mol. The van der Waals surface area contributed by atoms with E-state index in [1.165, 1.54) is 55.6 Å². The third-order valence-corrected chi connectivity index (χ3v) is 6.85. The van der Waals surface area contributed by atoms with E-state index >= 15 is 0 Å². The van der Waals surface area contributed by atoms with E-state index in [9.17, 15) is 17.6 Å². The molecule has 1 aromatic heterocycles. The van der Waals surface area contributed by atoms with Gasteiger partial charge in [-0.2, -0.15) is 0 Å². The fraction of sp³-hybridized carbons (Fsp3) is 0.273. The number of carbonyl (C=O) groups is 1. The van der Waals surface area contributed by atoms with E-state index in [0.717, 1.165) is 6.07 Å². The van der Waals surface area contributed by atoms with Crippen molar-refractivity contribution in [1.82, 2.24) is 9.88 Å². The van der Waals surface area contributed by atoms with E-state index in [4.69, 9.17) is 9.47 Å². The lowest BCUT2D eigenvalue weighted by atomic mass is 10.1. The van der Waals surface area contributed by atoms with Gasteiger partial charge in [0.2, 0.25) is 9.84 Å². The Bertz CT molecular complexity index is 1240. The van der Waals surface area contributed by atoms with Gasteiger partial charge >= 0.3 is 0 Å². The number of amides is 1. The minimum Gasteiger partial charge on any atom is -0.493 e. The predicted octanol–water partition coefficient (Wildman–Crippen LogP) is 3.71. The van der Waals surface area contributed by atoms with E-state index in [1.807, 2.05) is 0 Å². The Kier molecular flexibility index (Phi) is 6.45. The standard InChI is InChI=1S/C22H23FN2O5S/c1-5-25(6-2)22(26)17-13-24-18-9-7-14(23)11-16(18)21(17)31(27,28)15-8-10-19(29-3)20(12-15)30-4/h7-13H,5-6H2,1-4H3. The molecule has 0 aliphatic rings. The molecule has 1 heterocycles. The maximum atomic E-state index is 14.1. The highest BCUT2D eigenvalue weighted by Crippen LogP contribution is 2.36. The van der Waals surface area contributed by atoms with Crippen molar-refractivity contribution < 1.29 is 27.1 Å². The topological polar surface area (TPSA) is 85.8 Å². The largest absolute Gasteiger partial charge is 0.493 e. The van der Waals surface area contributed by atoms with Gasteiger partial charge < -0.3 is 14.4 Å². The summed E-state index contributed by atoms with van der Waals surface area (Å²) in [5.41, 5.74) is 0.146. The third-order valence-electron chi connectivity index (χ3n) is 5.00. The van der Waals surface area contributed by atoms with Crippen molar-refractivity contribution in [2.75, 3.05) is 27.3 Å². The molecule has 2 aromatic carbocycles. The van der Waals surface area contributed by atoms with Crippen molar-refractivity contribution in [3.63, 3.8) is 0 Å². The molecular formula is C22H23FN2O5S. The molecule has 0 unspecified atom stereocenters. The molecule has 3 aromatic rings. The number of halogens is 1. The van der Waals surface area contributed by atoms with Gasteiger partial charge in [0.25, 0.3) is 5.91 Å². The van der Waals surface area contributed by atoms with Crippen molar-refractivity contribution in [2.45, 2.75) is 23.6 Å². The predicted molar refractivity (Wildman–Crippen MR) is 114 cm³/mol. The molecule has 164 valence electrons. The van der Waals surface area contributed by atoms with Crippen LogP contribution in [0.4, 0.5) is 4.39 Å². The lowest BCUT2D eigenvalue weighted by Gasteiger charge is -2.21. The van der Waals surface area contributed by atoms with E-state index in [0.29, 0.717) is 18.8 Å².